The molecular formula is C25H27F4N3O3. The number of halogens is 4. The van der Waals surface area contributed by atoms with Gasteiger partial charge < -0.3 is 15.0 Å². The van der Waals surface area contributed by atoms with Crippen LogP contribution in [0.2, 0.25) is 0 Å². The van der Waals surface area contributed by atoms with Crippen molar-refractivity contribution in [3.63, 3.8) is 0 Å². The second-order valence-electron chi connectivity index (χ2n) is 8.67. The van der Waals surface area contributed by atoms with E-state index in [1.807, 2.05) is 0 Å². The average Bonchev–Trinajstić information content (AvgIpc) is 2.82. The van der Waals surface area contributed by atoms with Crippen molar-refractivity contribution in [2.75, 3.05) is 5.32 Å². The van der Waals surface area contributed by atoms with E-state index in [1.54, 1.807) is 6.92 Å². The predicted octanol–water partition coefficient (Wildman–Crippen LogP) is 6.13. The number of aromatic amines is 1. The predicted molar refractivity (Wildman–Crippen MR) is 125 cm³/mol. The van der Waals surface area contributed by atoms with Gasteiger partial charge in [-0.25, -0.2) is 22.5 Å². The highest BCUT2D eigenvalue weighted by atomic mass is 19.3. The highest BCUT2D eigenvalue weighted by molar-refractivity contribution is 5.91. The van der Waals surface area contributed by atoms with E-state index >= 15 is 0 Å². The summed E-state index contributed by atoms with van der Waals surface area (Å²) in [6.07, 6.45) is 2.50. The first-order chi connectivity index (χ1) is 16.6. The van der Waals surface area contributed by atoms with Crippen LogP contribution in [0, 0.1) is 23.5 Å². The van der Waals surface area contributed by atoms with Gasteiger partial charge in [0.1, 0.15) is 17.4 Å². The Morgan fingerprint density at radius 2 is 2.03 bits per heavy atom. The Kier molecular flexibility index (Phi) is 6.90. The minimum Gasteiger partial charge on any atom is -0.453 e. The first-order valence-electron chi connectivity index (χ1n) is 11.1. The van der Waals surface area contributed by atoms with Crippen LogP contribution in [0.3, 0.4) is 0 Å². The van der Waals surface area contributed by atoms with Crippen LogP contribution in [-0.2, 0) is 4.79 Å². The standard InChI is InChI=1S/C25H23F4N3O3.2H2/c1-14(15-8-9-25(28,29)19(10-15)16-2-7-23(33)31-12-16)24(34)32-22-6-4-18(13-30-22)35-21-5-3-17(26)11-20(21)27;;/h2-7,11-15,19H,8-10H2,1H3,(H,31,33)(H,30,32,34);2*1H/t14-,15+,19-;;/m1../s1. The number of pyridine rings is 2. The molecular weight excluding hydrogens is 466 g/mol. The molecule has 1 aliphatic rings. The fourth-order valence-corrected chi connectivity index (χ4v) is 4.27. The molecule has 188 valence electrons. The lowest BCUT2D eigenvalue weighted by atomic mass is 9.71. The van der Waals surface area contributed by atoms with E-state index in [-0.39, 0.29) is 56.8 Å². The third-order valence-electron chi connectivity index (χ3n) is 6.34. The fraction of sp³-hybridized carbons (Fsp3) is 0.320. The third-order valence-corrected chi connectivity index (χ3v) is 6.34. The van der Waals surface area contributed by atoms with E-state index in [1.165, 1.54) is 36.7 Å². The number of anilines is 1. The van der Waals surface area contributed by atoms with Gasteiger partial charge >= 0.3 is 0 Å². The lowest BCUT2D eigenvalue weighted by Gasteiger charge is -2.38. The highest BCUT2D eigenvalue weighted by Crippen LogP contribution is 2.48. The molecule has 3 aromatic rings. The van der Waals surface area contributed by atoms with E-state index in [0.29, 0.717) is 11.6 Å². The van der Waals surface area contributed by atoms with Crippen molar-refractivity contribution in [1.82, 2.24) is 9.97 Å². The number of H-pyrrole nitrogens is 1. The number of nitrogens with zero attached hydrogens (tertiary/aromatic N) is 1. The van der Waals surface area contributed by atoms with Gasteiger partial charge in [0.05, 0.1) is 6.20 Å². The molecule has 1 amide bonds. The lowest BCUT2D eigenvalue weighted by Crippen LogP contribution is -2.38. The van der Waals surface area contributed by atoms with E-state index in [0.717, 1.165) is 12.1 Å². The third kappa shape index (κ3) is 5.70. The molecule has 0 radical (unpaired) electrons. The van der Waals surface area contributed by atoms with Gasteiger partial charge in [0.2, 0.25) is 11.5 Å². The second-order valence-corrected chi connectivity index (χ2v) is 8.67. The molecule has 2 aromatic heterocycles. The number of carbonyl (C=O) groups is 1. The molecule has 0 unspecified atom stereocenters. The Morgan fingerprint density at radius 3 is 2.69 bits per heavy atom. The van der Waals surface area contributed by atoms with E-state index < -0.39 is 29.4 Å². The Labute approximate surface area is 201 Å². The molecule has 2 N–H and O–H groups in total. The molecule has 2 heterocycles. The number of amides is 1. The number of hydrogen-bond donors (Lipinski definition) is 2. The van der Waals surface area contributed by atoms with Gasteiger partial charge in [-0.1, -0.05) is 13.0 Å². The molecule has 6 nitrogen and oxygen atoms in total. The summed E-state index contributed by atoms with van der Waals surface area (Å²) in [5, 5.41) is 2.67. The molecule has 1 saturated carbocycles. The molecule has 0 saturated heterocycles. The normalized spacial score (nSPS) is 20.1. The summed E-state index contributed by atoms with van der Waals surface area (Å²) in [7, 11) is 0. The quantitative estimate of drug-likeness (QED) is 0.405. The van der Waals surface area contributed by atoms with Crippen LogP contribution < -0.4 is 15.6 Å². The van der Waals surface area contributed by atoms with Crippen molar-refractivity contribution in [3.05, 3.63) is 82.4 Å². The Balaban J connectivity index is 0.00000241. The Morgan fingerprint density at radius 1 is 1.23 bits per heavy atom. The van der Waals surface area contributed by atoms with Crippen LogP contribution in [0.25, 0.3) is 0 Å². The highest BCUT2D eigenvalue weighted by Gasteiger charge is 2.47. The average molecular weight is 494 g/mol. The van der Waals surface area contributed by atoms with Crippen LogP contribution in [0.15, 0.2) is 59.7 Å². The number of nitrogens with one attached hydrogen (secondary N) is 2. The van der Waals surface area contributed by atoms with Crippen molar-refractivity contribution >= 4 is 11.7 Å². The first-order valence-corrected chi connectivity index (χ1v) is 11.1. The maximum atomic E-state index is 14.6. The Hall–Kier alpha value is -3.69. The smallest absolute Gasteiger partial charge is 0.254 e. The number of aromatic nitrogens is 2. The molecule has 10 heteroatoms. The summed E-state index contributed by atoms with van der Waals surface area (Å²) < 4.78 is 61.4. The Bertz CT molecular complexity index is 1250. The van der Waals surface area contributed by atoms with Crippen LogP contribution in [0.5, 0.6) is 11.5 Å². The molecule has 0 bridgehead atoms. The van der Waals surface area contributed by atoms with Crippen molar-refractivity contribution in [3.8, 4) is 11.5 Å². The van der Waals surface area contributed by atoms with Gasteiger partial charge in [0, 0.05) is 39.4 Å². The summed E-state index contributed by atoms with van der Waals surface area (Å²) in [6, 6.07) is 8.44. The summed E-state index contributed by atoms with van der Waals surface area (Å²) >= 11 is 0. The minimum absolute atomic E-state index is 0. The van der Waals surface area contributed by atoms with Crippen molar-refractivity contribution in [1.29, 1.82) is 0 Å². The SMILES string of the molecule is C[C@@H](C(=O)Nc1ccc(Oc2ccc(F)cc2F)cn1)[C@H]1CCC(F)(F)[C@@H](c2ccc(=O)[nH]c2)C1.[HH].[HH]. The summed E-state index contributed by atoms with van der Waals surface area (Å²) in [4.78, 5) is 30.6. The second kappa shape index (κ2) is 9.89. The van der Waals surface area contributed by atoms with E-state index in [2.05, 4.69) is 15.3 Å². The monoisotopic (exact) mass is 493 g/mol. The number of hydrogen-bond acceptors (Lipinski definition) is 4. The van der Waals surface area contributed by atoms with Crippen molar-refractivity contribution < 1.29 is 29.9 Å². The molecule has 1 aromatic carbocycles. The van der Waals surface area contributed by atoms with Crippen LogP contribution >= 0.6 is 0 Å². The number of benzene rings is 1. The van der Waals surface area contributed by atoms with Gasteiger partial charge in [-0.15, -0.1) is 0 Å². The fourth-order valence-electron chi connectivity index (χ4n) is 4.27. The minimum atomic E-state index is -2.94. The molecule has 1 fully saturated rings. The van der Waals surface area contributed by atoms with Gasteiger partial charge in [0.15, 0.2) is 11.6 Å². The zero-order valence-corrected chi connectivity index (χ0v) is 18.7. The number of carbonyl (C=O) groups excluding carboxylic acids is 1. The van der Waals surface area contributed by atoms with Gasteiger partial charge in [-0.05, 0) is 48.6 Å². The summed E-state index contributed by atoms with van der Waals surface area (Å²) in [5.74, 6) is -6.65. The summed E-state index contributed by atoms with van der Waals surface area (Å²) in [6.45, 7) is 1.68. The molecule has 0 spiro atoms. The largest absolute Gasteiger partial charge is 0.453 e. The van der Waals surface area contributed by atoms with Gasteiger partial charge in [0.25, 0.3) is 5.92 Å². The molecule has 35 heavy (non-hydrogen) atoms. The topological polar surface area (TPSA) is 84.1 Å². The maximum Gasteiger partial charge on any atom is 0.254 e. The van der Waals surface area contributed by atoms with Crippen LogP contribution in [0.4, 0.5) is 23.4 Å². The molecule has 3 atom stereocenters. The van der Waals surface area contributed by atoms with E-state index in [9.17, 15) is 27.2 Å². The van der Waals surface area contributed by atoms with Crippen molar-refractivity contribution in [2.24, 2.45) is 11.8 Å². The van der Waals surface area contributed by atoms with Crippen LogP contribution in [0.1, 0.15) is 40.5 Å². The van der Waals surface area contributed by atoms with E-state index in [4.69, 9.17) is 4.74 Å². The molecule has 1 aliphatic carbocycles. The van der Waals surface area contributed by atoms with Crippen LogP contribution in [-0.4, -0.2) is 21.8 Å². The zero-order valence-electron chi connectivity index (χ0n) is 18.7. The first kappa shape index (κ1) is 24.4. The van der Waals surface area contributed by atoms with Gasteiger partial charge in [-0.2, -0.15) is 0 Å². The lowest BCUT2D eigenvalue weighted by molar-refractivity contribution is -0.124. The number of alkyl halides is 2. The van der Waals surface area contributed by atoms with Gasteiger partial charge in [-0.3, -0.25) is 9.59 Å². The summed E-state index contributed by atoms with van der Waals surface area (Å²) in [5.41, 5.74) is -0.0364. The maximum absolute atomic E-state index is 14.6. The number of ether oxygens (including phenoxy) is 1. The molecule has 0 aliphatic heterocycles. The zero-order chi connectivity index (χ0) is 25.2. The van der Waals surface area contributed by atoms with Crippen molar-refractivity contribution in [2.45, 2.75) is 38.0 Å². The number of rotatable bonds is 6. The molecule has 4 rings (SSSR count).